The van der Waals surface area contributed by atoms with E-state index >= 15 is 0 Å². The molecule has 0 amide bonds. The van der Waals surface area contributed by atoms with Gasteiger partial charge in [0.25, 0.3) is 0 Å². The van der Waals surface area contributed by atoms with Gasteiger partial charge in [0.15, 0.2) is 0 Å². The molecule has 0 spiro atoms. The van der Waals surface area contributed by atoms with E-state index in [1.807, 2.05) is 20.8 Å². The lowest BCUT2D eigenvalue weighted by Gasteiger charge is -2.27. The van der Waals surface area contributed by atoms with Crippen LogP contribution in [0.1, 0.15) is 142 Å². The Labute approximate surface area is 187 Å². The molecule has 2 rings (SSSR count). The minimum atomic E-state index is -0.308. The molecule has 0 N–H and O–H groups in total. The first kappa shape index (κ1) is 26.7. The van der Waals surface area contributed by atoms with Crippen molar-refractivity contribution in [2.24, 2.45) is 5.41 Å². The smallest absolute Gasteiger partial charge is 0.311 e. The summed E-state index contributed by atoms with van der Waals surface area (Å²) < 4.78 is 5.51. The van der Waals surface area contributed by atoms with Gasteiger partial charge in [-0.3, -0.25) is 4.79 Å². The van der Waals surface area contributed by atoms with Crippen LogP contribution in [0.15, 0.2) is 18.2 Å². The fraction of sp³-hybridized carbons (Fsp3) is 0.750. The van der Waals surface area contributed by atoms with Crippen LogP contribution in [0.3, 0.4) is 0 Å². The van der Waals surface area contributed by atoms with Crippen molar-refractivity contribution in [2.45, 2.75) is 131 Å². The molecule has 0 saturated heterocycles. The molecular weight excluding hydrogens is 368 g/mol. The summed E-state index contributed by atoms with van der Waals surface area (Å²) in [6.07, 6.45) is 8.11. The van der Waals surface area contributed by atoms with Crippen LogP contribution in [0.2, 0.25) is 0 Å². The summed E-state index contributed by atoms with van der Waals surface area (Å²) in [5.74, 6) is 1.91. The van der Waals surface area contributed by atoms with Crippen molar-refractivity contribution in [3.8, 4) is 0 Å². The van der Waals surface area contributed by atoms with Gasteiger partial charge in [-0.25, -0.2) is 0 Å². The lowest BCUT2D eigenvalue weighted by Crippen LogP contribution is -2.31. The maximum absolute atomic E-state index is 11.7. The summed E-state index contributed by atoms with van der Waals surface area (Å²) in [4.78, 5) is 11.7. The summed E-state index contributed by atoms with van der Waals surface area (Å²) in [6.45, 7) is 19.6. The second-order valence-corrected chi connectivity index (χ2v) is 10.5. The highest BCUT2D eigenvalue weighted by molar-refractivity contribution is 5.75. The quantitative estimate of drug-likeness (QED) is 0.415. The molecular formula is C28H48O2. The Bertz CT molecular complexity index is 610. The van der Waals surface area contributed by atoms with Gasteiger partial charge in [-0.1, -0.05) is 73.1 Å². The number of carbonyl (C=O) groups is 1. The molecule has 1 aromatic carbocycles. The number of carbonyl (C=O) groups excluding carboxylic acids is 1. The number of benzene rings is 1. The Morgan fingerprint density at radius 1 is 0.900 bits per heavy atom. The van der Waals surface area contributed by atoms with Crippen LogP contribution in [0.25, 0.3) is 0 Å². The standard InChI is InChI=1S/C16H26.C12H22O2/c1-7-13(6)16-9-14(11(2)3)8-15(10-16)12(4)5;1-4-12(2,3)11(13)14-10-8-6-5-7-9-10/h8-13H,7H2,1-6H3;10H,4-9H2,1-3H3. The minimum absolute atomic E-state index is 0.0214. The number of rotatable bonds is 7. The normalized spacial score (nSPS) is 16.2. The van der Waals surface area contributed by atoms with E-state index in [2.05, 4.69) is 59.7 Å². The van der Waals surface area contributed by atoms with Gasteiger partial charge in [0.1, 0.15) is 6.10 Å². The predicted molar refractivity (Wildman–Crippen MR) is 130 cm³/mol. The summed E-state index contributed by atoms with van der Waals surface area (Å²) >= 11 is 0. The van der Waals surface area contributed by atoms with Gasteiger partial charge in [-0.05, 0) is 86.8 Å². The van der Waals surface area contributed by atoms with Crippen molar-refractivity contribution in [3.63, 3.8) is 0 Å². The van der Waals surface area contributed by atoms with Crippen LogP contribution in [-0.2, 0) is 9.53 Å². The Morgan fingerprint density at radius 2 is 1.37 bits per heavy atom. The molecule has 1 unspecified atom stereocenters. The van der Waals surface area contributed by atoms with Crippen LogP contribution in [0.5, 0.6) is 0 Å². The van der Waals surface area contributed by atoms with Crippen molar-refractivity contribution in [2.75, 3.05) is 0 Å². The summed E-state index contributed by atoms with van der Waals surface area (Å²) in [5, 5.41) is 0. The molecule has 2 heteroatoms. The Balaban J connectivity index is 0.000000303. The SMILES string of the molecule is CCC(C)(C)C(=O)OC1CCCCC1.CCC(C)c1cc(C(C)C)cc(C(C)C)c1. The summed E-state index contributed by atoms with van der Waals surface area (Å²) in [7, 11) is 0. The van der Waals surface area contributed by atoms with Crippen molar-refractivity contribution in [3.05, 3.63) is 34.9 Å². The number of ether oxygens (including phenoxy) is 1. The minimum Gasteiger partial charge on any atom is -0.462 e. The third-order valence-electron chi connectivity index (χ3n) is 6.78. The first-order chi connectivity index (χ1) is 14.0. The molecule has 0 aliphatic heterocycles. The van der Waals surface area contributed by atoms with Crippen LogP contribution in [0, 0.1) is 5.41 Å². The van der Waals surface area contributed by atoms with Crippen LogP contribution >= 0.6 is 0 Å². The van der Waals surface area contributed by atoms with E-state index in [0.29, 0.717) is 17.8 Å². The van der Waals surface area contributed by atoms with Gasteiger partial charge < -0.3 is 4.74 Å². The molecule has 2 nitrogen and oxygen atoms in total. The molecule has 172 valence electrons. The summed E-state index contributed by atoms with van der Waals surface area (Å²) in [5.41, 5.74) is 4.18. The van der Waals surface area contributed by atoms with E-state index in [0.717, 1.165) is 19.3 Å². The van der Waals surface area contributed by atoms with Crippen molar-refractivity contribution >= 4 is 5.97 Å². The maximum Gasteiger partial charge on any atom is 0.311 e. The average molecular weight is 417 g/mol. The molecule has 1 fully saturated rings. The third-order valence-corrected chi connectivity index (χ3v) is 6.78. The molecule has 1 aliphatic rings. The Hall–Kier alpha value is -1.31. The predicted octanol–water partition coefficient (Wildman–Crippen LogP) is 8.75. The second kappa shape index (κ2) is 12.5. The Morgan fingerprint density at radius 3 is 1.77 bits per heavy atom. The molecule has 1 atom stereocenters. The van der Waals surface area contributed by atoms with Gasteiger partial charge in [0.05, 0.1) is 5.41 Å². The van der Waals surface area contributed by atoms with Crippen LogP contribution in [-0.4, -0.2) is 12.1 Å². The van der Waals surface area contributed by atoms with E-state index in [9.17, 15) is 4.79 Å². The maximum atomic E-state index is 11.7. The van der Waals surface area contributed by atoms with Gasteiger partial charge in [0, 0.05) is 0 Å². The molecule has 0 bridgehead atoms. The van der Waals surface area contributed by atoms with Crippen molar-refractivity contribution in [1.82, 2.24) is 0 Å². The third kappa shape index (κ3) is 8.44. The topological polar surface area (TPSA) is 26.3 Å². The molecule has 1 saturated carbocycles. The first-order valence-electron chi connectivity index (χ1n) is 12.4. The second-order valence-electron chi connectivity index (χ2n) is 10.5. The highest BCUT2D eigenvalue weighted by Crippen LogP contribution is 2.29. The Kier molecular flexibility index (Phi) is 11.2. The fourth-order valence-corrected chi connectivity index (χ4v) is 3.53. The van der Waals surface area contributed by atoms with Crippen molar-refractivity contribution in [1.29, 1.82) is 0 Å². The molecule has 0 radical (unpaired) electrons. The van der Waals surface area contributed by atoms with E-state index in [1.165, 1.54) is 42.4 Å². The monoisotopic (exact) mass is 416 g/mol. The van der Waals surface area contributed by atoms with Gasteiger partial charge >= 0.3 is 5.97 Å². The largest absolute Gasteiger partial charge is 0.462 e. The average Bonchev–Trinajstić information content (AvgIpc) is 2.73. The van der Waals surface area contributed by atoms with Gasteiger partial charge in [0.2, 0.25) is 0 Å². The van der Waals surface area contributed by atoms with Crippen LogP contribution < -0.4 is 0 Å². The number of hydrogen-bond acceptors (Lipinski definition) is 2. The fourth-order valence-electron chi connectivity index (χ4n) is 3.53. The molecule has 30 heavy (non-hydrogen) atoms. The zero-order valence-electron chi connectivity index (χ0n) is 21.3. The molecule has 1 aromatic rings. The lowest BCUT2D eigenvalue weighted by molar-refractivity contribution is -0.161. The summed E-state index contributed by atoms with van der Waals surface area (Å²) in [6, 6.07) is 7.16. The zero-order valence-corrected chi connectivity index (χ0v) is 21.3. The number of hydrogen-bond donors (Lipinski definition) is 0. The zero-order chi connectivity index (χ0) is 22.9. The number of esters is 1. The molecule has 0 heterocycles. The lowest BCUT2D eigenvalue weighted by atomic mass is 9.88. The molecule has 0 aromatic heterocycles. The van der Waals surface area contributed by atoms with E-state index in [-0.39, 0.29) is 17.5 Å². The van der Waals surface area contributed by atoms with Gasteiger partial charge in [-0.15, -0.1) is 0 Å². The van der Waals surface area contributed by atoms with E-state index < -0.39 is 0 Å². The van der Waals surface area contributed by atoms with E-state index in [4.69, 9.17) is 4.74 Å². The van der Waals surface area contributed by atoms with Crippen molar-refractivity contribution < 1.29 is 9.53 Å². The van der Waals surface area contributed by atoms with Gasteiger partial charge in [-0.2, -0.15) is 0 Å². The molecule has 1 aliphatic carbocycles. The highest BCUT2D eigenvalue weighted by atomic mass is 16.5. The van der Waals surface area contributed by atoms with E-state index in [1.54, 1.807) is 0 Å². The first-order valence-corrected chi connectivity index (χ1v) is 12.4. The van der Waals surface area contributed by atoms with Crippen LogP contribution in [0.4, 0.5) is 0 Å². The highest BCUT2D eigenvalue weighted by Gasteiger charge is 2.29.